The first-order valence-corrected chi connectivity index (χ1v) is 8.77. The minimum Gasteiger partial charge on any atom is -0.406 e. The lowest BCUT2D eigenvalue weighted by Gasteiger charge is -2.24. The van der Waals surface area contributed by atoms with Gasteiger partial charge in [-0.2, -0.15) is 0 Å². The topological polar surface area (TPSA) is 27.7 Å². The molecule has 28 heavy (non-hydrogen) atoms. The van der Waals surface area contributed by atoms with Crippen LogP contribution >= 0.6 is 0 Å². The van der Waals surface area contributed by atoms with Gasteiger partial charge in [0.05, 0.1) is 13.2 Å². The SMILES string of the molecule is C/C=C/[C@H]1CO[C@H](C#Cc2ccc(-c3ccc(OC(F)(F)F)cc3)cc2)OC1. The van der Waals surface area contributed by atoms with Crippen molar-refractivity contribution < 1.29 is 27.4 Å². The maximum atomic E-state index is 12.2. The van der Waals surface area contributed by atoms with Crippen LogP contribution < -0.4 is 4.74 Å². The Kier molecular flexibility index (Phi) is 6.40. The van der Waals surface area contributed by atoms with Crippen LogP contribution in [0.15, 0.2) is 60.7 Å². The molecule has 3 nitrogen and oxygen atoms in total. The first-order chi connectivity index (χ1) is 13.4. The highest BCUT2D eigenvalue weighted by Crippen LogP contribution is 2.26. The molecule has 6 heteroatoms. The molecule has 2 aromatic rings. The van der Waals surface area contributed by atoms with E-state index in [2.05, 4.69) is 16.6 Å². The Morgan fingerprint density at radius 2 is 1.54 bits per heavy atom. The molecule has 0 unspecified atom stereocenters. The van der Waals surface area contributed by atoms with Crippen molar-refractivity contribution >= 4 is 0 Å². The summed E-state index contributed by atoms with van der Waals surface area (Å²) >= 11 is 0. The minimum absolute atomic E-state index is 0.247. The van der Waals surface area contributed by atoms with E-state index in [0.717, 1.165) is 16.7 Å². The van der Waals surface area contributed by atoms with Gasteiger partial charge in [-0.25, -0.2) is 0 Å². The van der Waals surface area contributed by atoms with Crippen molar-refractivity contribution in [2.45, 2.75) is 19.6 Å². The average molecular weight is 388 g/mol. The normalized spacial score (nSPS) is 19.9. The Morgan fingerprint density at radius 1 is 0.964 bits per heavy atom. The van der Waals surface area contributed by atoms with Crippen LogP contribution in [0.4, 0.5) is 13.2 Å². The molecule has 1 aliphatic heterocycles. The van der Waals surface area contributed by atoms with E-state index in [1.165, 1.54) is 12.1 Å². The smallest absolute Gasteiger partial charge is 0.406 e. The van der Waals surface area contributed by atoms with Crippen LogP contribution in [-0.4, -0.2) is 25.9 Å². The average Bonchev–Trinajstić information content (AvgIpc) is 2.68. The second-order valence-corrected chi connectivity index (χ2v) is 6.20. The van der Waals surface area contributed by atoms with Crippen LogP contribution in [0.1, 0.15) is 12.5 Å². The van der Waals surface area contributed by atoms with Crippen molar-refractivity contribution in [3.05, 3.63) is 66.2 Å². The predicted molar refractivity (Wildman–Crippen MR) is 99.4 cm³/mol. The van der Waals surface area contributed by atoms with Gasteiger partial charge in [-0.05, 0) is 48.2 Å². The molecular formula is C22H19F3O3. The molecule has 0 saturated carbocycles. The lowest BCUT2D eigenvalue weighted by atomic mass is 10.0. The number of rotatable bonds is 3. The first-order valence-electron chi connectivity index (χ1n) is 8.77. The number of hydrogen-bond donors (Lipinski definition) is 0. The highest BCUT2D eigenvalue weighted by atomic mass is 19.4. The summed E-state index contributed by atoms with van der Waals surface area (Å²) in [4.78, 5) is 0. The molecular weight excluding hydrogens is 369 g/mol. The van der Waals surface area contributed by atoms with Crippen molar-refractivity contribution in [3.8, 4) is 28.7 Å². The van der Waals surface area contributed by atoms with Crippen LogP contribution in [0.3, 0.4) is 0 Å². The summed E-state index contributed by atoms with van der Waals surface area (Å²) in [7, 11) is 0. The quantitative estimate of drug-likeness (QED) is 0.536. The third-order valence-electron chi connectivity index (χ3n) is 4.03. The molecule has 1 fully saturated rings. The van der Waals surface area contributed by atoms with Crippen LogP contribution in [-0.2, 0) is 9.47 Å². The van der Waals surface area contributed by atoms with Crippen molar-refractivity contribution in [1.29, 1.82) is 0 Å². The van der Waals surface area contributed by atoms with E-state index in [1.807, 2.05) is 43.3 Å². The van der Waals surface area contributed by atoms with E-state index in [0.29, 0.717) is 13.2 Å². The van der Waals surface area contributed by atoms with Crippen molar-refractivity contribution in [2.24, 2.45) is 5.92 Å². The number of benzene rings is 2. The molecule has 0 radical (unpaired) electrons. The summed E-state index contributed by atoms with van der Waals surface area (Å²) in [6.07, 6.45) is -1.21. The maximum Gasteiger partial charge on any atom is 0.573 e. The summed E-state index contributed by atoms with van der Waals surface area (Å²) in [6.45, 7) is 3.12. The number of alkyl halides is 3. The van der Waals surface area contributed by atoms with Crippen LogP contribution in [0.2, 0.25) is 0 Å². The molecule has 1 aliphatic rings. The summed E-state index contributed by atoms with van der Waals surface area (Å²) < 4.78 is 51.6. The number of halogens is 3. The molecule has 0 spiro atoms. The summed E-state index contributed by atoms with van der Waals surface area (Å²) in [5.74, 6) is 5.97. The molecule has 0 bridgehead atoms. The monoisotopic (exact) mass is 388 g/mol. The Labute approximate surface area is 161 Å². The summed E-state index contributed by atoms with van der Waals surface area (Å²) in [5, 5.41) is 0. The summed E-state index contributed by atoms with van der Waals surface area (Å²) in [6, 6.07) is 13.1. The van der Waals surface area contributed by atoms with E-state index in [1.54, 1.807) is 12.1 Å². The van der Waals surface area contributed by atoms with Gasteiger partial charge in [-0.1, -0.05) is 42.3 Å². The minimum atomic E-state index is -4.69. The van der Waals surface area contributed by atoms with Gasteiger partial charge in [0.2, 0.25) is 6.29 Å². The molecule has 0 atom stereocenters. The zero-order valence-electron chi connectivity index (χ0n) is 15.2. The second kappa shape index (κ2) is 8.96. The van der Waals surface area contributed by atoms with E-state index in [-0.39, 0.29) is 11.7 Å². The molecule has 0 amide bonds. The number of hydrogen-bond acceptors (Lipinski definition) is 3. The zero-order valence-corrected chi connectivity index (χ0v) is 15.2. The third-order valence-corrected chi connectivity index (χ3v) is 4.03. The number of allylic oxidation sites excluding steroid dienone is 1. The zero-order chi connectivity index (χ0) is 20.0. The van der Waals surface area contributed by atoms with Crippen molar-refractivity contribution in [1.82, 2.24) is 0 Å². The van der Waals surface area contributed by atoms with Crippen molar-refractivity contribution in [3.63, 3.8) is 0 Å². The Bertz CT molecular complexity index is 851. The van der Waals surface area contributed by atoms with Gasteiger partial charge in [0.1, 0.15) is 5.75 Å². The second-order valence-electron chi connectivity index (χ2n) is 6.20. The van der Waals surface area contributed by atoms with E-state index in [4.69, 9.17) is 9.47 Å². The van der Waals surface area contributed by atoms with Gasteiger partial charge in [-0.3, -0.25) is 0 Å². The molecule has 1 saturated heterocycles. The Morgan fingerprint density at radius 3 is 2.07 bits per heavy atom. The highest BCUT2D eigenvalue weighted by molar-refractivity contribution is 5.65. The van der Waals surface area contributed by atoms with Gasteiger partial charge in [0.25, 0.3) is 0 Å². The maximum absolute atomic E-state index is 12.2. The number of ether oxygens (including phenoxy) is 3. The molecule has 0 N–H and O–H groups in total. The third kappa shape index (κ3) is 5.88. The molecule has 1 heterocycles. The standard InChI is InChI=1S/C22H19F3O3/c1-2-3-17-14-26-21(27-15-17)13-6-16-4-7-18(8-5-16)19-9-11-20(12-10-19)28-22(23,24)25/h2-5,7-12,17,21H,14-15H2,1H3/b3-2+/t17-,21-. The molecule has 0 aliphatic carbocycles. The molecule has 146 valence electrons. The lowest BCUT2D eigenvalue weighted by molar-refractivity contribution is -0.274. The Hall–Kier alpha value is -2.75. The van der Waals surface area contributed by atoms with Gasteiger partial charge in [0, 0.05) is 11.5 Å². The fourth-order valence-corrected chi connectivity index (χ4v) is 2.72. The highest BCUT2D eigenvalue weighted by Gasteiger charge is 2.30. The lowest BCUT2D eigenvalue weighted by Crippen LogP contribution is -2.30. The van der Waals surface area contributed by atoms with E-state index in [9.17, 15) is 13.2 Å². The van der Waals surface area contributed by atoms with Gasteiger partial charge < -0.3 is 14.2 Å². The Balaban J connectivity index is 1.60. The van der Waals surface area contributed by atoms with Gasteiger partial charge in [0.15, 0.2) is 0 Å². The largest absolute Gasteiger partial charge is 0.573 e. The van der Waals surface area contributed by atoms with Crippen LogP contribution in [0.5, 0.6) is 5.75 Å². The van der Waals surface area contributed by atoms with Crippen LogP contribution in [0.25, 0.3) is 11.1 Å². The molecule has 2 aromatic carbocycles. The first kappa shape index (κ1) is 20.0. The van der Waals surface area contributed by atoms with Crippen LogP contribution in [0, 0.1) is 17.8 Å². The summed E-state index contributed by atoms with van der Waals surface area (Å²) in [5.41, 5.74) is 2.44. The molecule has 0 aromatic heterocycles. The van der Waals surface area contributed by atoms with E-state index >= 15 is 0 Å². The van der Waals surface area contributed by atoms with Gasteiger partial charge in [-0.15, -0.1) is 13.2 Å². The molecule has 3 rings (SSSR count). The predicted octanol–water partition coefficient (Wildman–Crippen LogP) is 5.17. The van der Waals surface area contributed by atoms with Crippen molar-refractivity contribution in [2.75, 3.05) is 13.2 Å². The van der Waals surface area contributed by atoms with E-state index < -0.39 is 12.7 Å². The fourth-order valence-electron chi connectivity index (χ4n) is 2.72. The van der Waals surface area contributed by atoms with Gasteiger partial charge >= 0.3 is 6.36 Å². The fraction of sp³-hybridized carbons (Fsp3) is 0.273.